The molecule has 1 aromatic rings. The number of hydrogen-bond acceptors (Lipinski definition) is 0. The van der Waals surface area contributed by atoms with Crippen LogP contribution in [-0.2, 0) is 32.6 Å². The molecule has 1 saturated heterocycles. The summed E-state index contributed by atoms with van der Waals surface area (Å²) in [5, 5.41) is 11.5. The summed E-state index contributed by atoms with van der Waals surface area (Å²) in [6.07, 6.45) is 16.0. The van der Waals surface area contributed by atoms with Crippen LogP contribution in [0.2, 0.25) is 0 Å². The Morgan fingerprint density at radius 3 is 2.05 bits per heavy atom. The van der Waals surface area contributed by atoms with Gasteiger partial charge in [0.25, 0.3) is 0 Å². The van der Waals surface area contributed by atoms with Crippen molar-refractivity contribution in [3.63, 3.8) is 0 Å². The van der Waals surface area contributed by atoms with Crippen molar-refractivity contribution in [2.45, 2.75) is 111 Å². The second-order valence-electron chi connectivity index (χ2n) is 12.8. The van der Waals surface area contributed by atoms with Gasteiger partial charge in [0.1, 0.15) is 0 Å². The number of allylic oxidation sites excluding steroid dienone is 4. The van der Waals surface area contributed by atoms with Crippen LogP contribution in [0.4, 0.5) is 0 Å². The third kappa shape index (κ3) is 8.22. The predicted octanol–water partition coefficient (Wildman–Crippen LogP) is 11.0. The molecule has 2 aliphatic carbocycles. The zero-order valence-corrected chi connectivity index (χ0v) is 29.4. The Labute approximate surface area is 263 Å². The largest absolute Gasteiger partial charge is 0.682 e. The van der Waals surface area contributed by atoms with E-state index in [9.17, 15) is 0 Å². The van der Waals surface area contributed by atoms with Gasteiger partial charge in [0, 0.05) is 26.2 Å². The van der Waals surface area contributed by atoms with E-state index in [0.29, 0.717) is 29.7 Å². The molecule has 0 aromatic heterocycles. The number of nitrogens with zero attached hydrogens (tertiary/aromatic N) is 2. The maximum Gasteiger partial charge on any atom is 0 e. The van der Waals surface area contributed by atoms with E-state index >= 15 is 0 Å². The zero-order valence-electron chi connectivity index (χ0n) is 26.9. The van der Waals surface area contributed by atoms with Crippen molar-refractivity contribution < 1.29 is 26.2 Å². The van der Waals surface area contributed by atoms with Crippen LogP contribution in [0.25, 0.3) is 10.6 Å². The summed E-state index contributed by atoms with van der Waals surface area (Å²) in [5.41, 5.74) is 4.16. The fourth-order valence-electron chi connectivity index (χ4n) is 7.31. The van der Waals surface area contributed by atoms with Crippen LogP contribution >= 0.6 is 0 Å². The fraction of sp³-hybridized carbons (Fsp3) is 0.639. The van der Waals surface area contributed by atoms with Crippen LogP contribution in [-0.4, -0.2) is 18.1 Å². The van der Waals surface area contributed by atoms with Gasteiger partial charge in [-0.3, -0.25) is 0 Å². The molecule has 222 valence electrons. The maximum absolute atomic E-state index is 6.14. The first-order chi connectivity index (χ1) is 16.8. The summed E-state index contributed by atoms with van der Waals surface area (Å²) >= 11 is 0. The monoisotopic (exact) mass is 609 g/mol. The number of piperidine rings is 1. The standard InChI is InChI=1S/C33H50N2.3CH3.Zr/c1-24(2)28-19-14-20-29(25(3)4)31(28)35-33(30-21-12-13-22-34-30,23-26-15-8-7-9-16-26)32(5,6)27-17-10-11-18-27;;;;/h7-9,14-16,19,24-25,27,29-30H,10-13,17-18,20-23H2,1-6H3;3*1H3;/q-2;3*-1;. The molecule has 3 atom stereocenters. The molecular weight excluding hydrogens is 552 g/mol. The Morgan fingerprint density at radius 2 is 1.51 bits per heavy atom. The summed E-state index contributed by atoms with van der Waals surface area (Å²) in [6, 6.07) is 11.5. The van der Waals surface area contributed by atoms with Crippen LogP contribution < -0.4 is 0 Å². The molecular formula is C36H59N2Zr-5. The minimum atomic E-state index is -0.211. The molecule has 1 aliphatic heterocycles. The van der Waals surface area contributed by atoms with Crippen LogP contribution in [0.5, 0.6) is 0 Å². The molecule has 3 aliphatic rings. The second-order valence-corrected chi connectivity index (χ2v) is 12.8. The molecule has 0 radical (unpaired) electrons. The Kier molecular flexibility index (Phi) is 16.4. The van der Waals surface area contributed by atoms with Crippen LogP contribution in [0.1, 0.15) is 98.5 Å². The van der Waals surface area contributed by atoms with Crippen molar-refractivity contribution in [2.75, 3.05) is 6.54 Å². The first kappa shape index (κ1) is 38.3. The van der Waals surface area contributed by atoms with Gasteiger partial charge in [-0.05, 0) is 60.3 Å². The smallest absolute Gasteiger partial charge is 0 e. The quantitative estimate of drug-likeness (QED) is 0.249. The number of benzene rings is 1. The van der Waals surface area contributed by atoms with Crippen LogP contribution in [0.15, 0.2) is 53.8 Å². The third-order valence-corrected chi connectivity index (χ3v) is 9.68. The second kappa shape index (κ2) is 16.7. The first-order valence-corrected chi connectivity index (χ1v) is 14.6. The van der Waals surface area contributed by atoms with Crippen LogP contribution in [0, 0.1) is 51.4 Å². The van der Waals surface area contributed by atoms with E-state index in [1.54, 1.807) is 0 Å². The minimum Gasteiger partial charge on any atom is -0.682 e. The molecule has 3 heteroatoms. The van der Waals surface area contributed by atoms with E-state index in [0.717, 1.165) is 19.4 Å². The number of rotatable bonds is 9. The van der Waals surface area contributed by atoms with E-state index in [-0.39, 0.29) is 59.4 Å². The van der Waals surface area contributed by atoms with Gasteiger partial charge in [0.15, 0.2) is 0 Å². The van der Waals surface area contributed by atoms with Crippen molar-refractivity contribution >= 4 is 0 Å². The molecule has 1 heterocycles. The van der Waals surface area contributed by atoms with Gasteiger partial charge in [0.05, 0.1) is 0 Å². The molecule has 4 rings (SSSR count). The van der Waals surface area contributed by atoms with Crippen molar-refractivity contribution in [3.8, 4) is 0 Å². The molecule has 1 aromatic carbocycles. The average Bonchev–Trinajstić information content (AvgIpc) is 3.40. The van der Waals surface area contributed by atoms with Gasteiger partial charge in [-0.1, -0.05) is 122 Å². The van der Waals surface area contributed by atoms with Crippen LogP contribution in [0.3, 0.4) is 0 Å². The Hall–Kier alpha value is -0.657. The van der Waals surface area contributed by atoms with Gasteiger partial charge in [0.2, 0.25) is 0 Å². The van der Waals surface area contributed by atoms with E-state index in [2.05, 4.69) is 84.0 Å². The summed E-state index contributed by atoms with van der Waals surface area (Å²) in [4.78, 5) is 0. The van der Waals surface area contributed by atoms with Crippen molar-refractivity contribution in [1.82, 2.24) is 0 Å². The summed E-state index contributed by atoms with van der Waals surface area (Å²) in [6.45, 7) is 15.6. The van der Waals surface area contributed by atoms with Gasteiger partial charge >= 0.3 is 0 Å². The maximum atomic E-state index is 6.14. The van der Waals surface area contributed by atoms with Crippen molar-refractivity contribution in [2.24, 2.45) is 29.1 Å². The molecule has 2 fully saturated rings. The van der Waals surface area contributed by atoms with E-state index in [1.807, 2.05) is 0 Å². The summed E-state index contributed by atoms with van der Waals surface area (Å²) in [7, 11) is 0. The average molecular weight is 611 g/mol. The molecule has 0 bridgehead atoms. The molecule has 0 amide bonds. The summed E-state index contributed by atoms with van der Waals surface area (Å²) in [5.74, 6) is 2.28. The minimum absolute atomic E-state index is 0. The molecule has 0 N–H and O–H groups in total. The molecule has 0 spiro atoms. The Morgan fingerprint density at radius 1 is 0.897 bits per heavy atom. The molecule has 1 saturated carbocycles. The SMILES string of the molecule is CC(C)C1=C([N-]C(Cc2ccccc2)(C2CCCC[N-]2)C(C)(C)C2CCCC2)C(C(C)C)CC=C1.[CH3-].[CH3-].[CH3-].[Zr]. The molecule has 39 heavy (non-hydrogen) atoms. The van der Waals surface area contributed by atoms with Crippen molar-refractivity contribution in [1.29, 1.82) is 0 Å². The van der Waals surface area contributed by atoms with Crippen molar-refractivity contribution in [3.05, 3.63) is 92.2 Å². The summed E-state index contributed by atoms with van der Waals surface area (Å²) < 4.78 is 0. The Balaban J connectivity index is 0.00000361. The topological polar surface area (TPSA) is 28.2 Å². The zero-order chi connectivity index (χ0) is 25.1. The van der Waals surface area contributed by atoms with Gasteiger partial charge in [-0.25, -0.2) is 0 Å². The first-order valence-electron chi connectivity index (χ1n) is 14.6. The fourth-order valence-corrected chi connectivity index (χ4v) is 7.31. The van der Waals surface area contributed by atoms with E-state index < -0.39 is 0 Å². The van der Waals surface area contributed by atoms with Gasteiger partial charge in [-0.2, -0.15) is 5.70 Å². The normalized spacial score (nSPS) is 23.3. The Bertz CT molecular complexity index is 873. The molecule has 2 nitrogen and oxygen atoms in total. The van der Waals surface area contributed by atoms with Gasteiger partial charge < -0.3 is 32.9 Å². The number of hydrogen-bond donors (Lipinski definition) is 0. The molecule has 3 unspecified atom stereocenters. The van der Waals surface area contributed by atoms with E-state index in [4.69, 9.17) is 10.6 Å². The van der Waals surface area contributed by atoms with Gasteiger partial charge in [-0.15, -0.1) is 18.1 Å². The van der Waals surface area contributed by atoms with E-state index in [1.165, 1.54) is 61.8 Å². The third-order valence-electron chi connectivity index (χ3n) is 9.68. The predicted molar refractivity (Wildman–Crippen MR) is 171 cm³/mol.